The lowest BCUT2D eigenvalue weighted by Crippen LogP contribution is -3.10. The quantitative estimate of drug-likeness (QED) is 0.508. The molecule has 0 bridgehead atoms. The van der Waals surface area contributed by atoms with Crippen molar-refractivity contribution in [2.24, 2.45) is 0 Å². The second-order valence-electron chi connectivity index (χ2n) is 7.24. The van der Waals surface area contributed by atoms with Crippen molar-refractivity contribution in [3.8, 4) is 23.0 Å². The largest absolute Gasteiger partial charge is 0.493 e. The van der Waals surface area contributed by atoms with Gasteiger partial charge in [-0.15, -0.1) is 0 Å². The lowest BCUT2D eigenvalue weighted by atomic mass is 10.1. The van der Waals surface area contributed by atoms with Gasteiger partial charge >= 0.3 is 0 Å². The van der Waals surface area contributed by atoms with Gasteiger partial charge in [-0.2, -0.15) is 0 Å². The van der Waals surface area contributed by atoms with E-state index in [1.807, 2.05) is 25.2 Å². The third kappa shape index (κ3) is 6.64. The number of Topliss-reactive ketones (excluding diaryl/α,β-unsaturated/α-hetero) is 1. The van der Waals surface area contributed by atoms with Crippen molar-refractivity contribution >= 4 is 5.78 Å². The average molecular weight is 419 g/mol. The lowest BCUT2D eigenvalue weighted by molar-refractivity contribution is -0.882. The Kier molecular flexibility index (Phi) is 8.95. The number of aliphatic hydroxyl groups excluding tert-OH is 1. The Morgan fingerprint density at radius 2 is 1.60 bits per heavy atom. The Balaban J connectivity index is 1.83. The lowest BCUT2D eigenvalue weighted by Gasteiger charge is -2.19. The molecule has 0 aliphatic rings. The van der Waals surface area contributed by atoms with Gasteiger partial charge in [0.1, 0.15) is 19.3 Å². The number of ether oxygens (including phenoxy) is 4. The average Bonchev–Trinajstić information content (AvgIpc) is 2.75. The van der Waals surface area contributed by atoms with Crippen molar-refractivity contribution in [3.05, 3.63) is 47.5 Å². The summed E-state index contributed by atoms with van der Waals surface area (Å²) in [6, 6.07) is 10.9. The summed E-state index contributed by atoms with van der Waals surface area (Å²) in [5.74, 6) is 2.36. The van der Waals surface area contributed by atoms with Gasteiger partial charge in [0.05, 0.1) is 34.9 Å². The fourth-order valence-corrected chi connectivity index (χ4v) is 3.15. The van der Waals surface area contributed by atoms with E-state index in [0.29, 0.717) is 35.1 Å². The van der Waals surface area contributed by atoms with Crippen LogP contribution in [0.2, 0.25) is 0 Å². The molecule has 0 aliphatic carbocycles. The number of likely N-dealkylation sites (N-methyl/N-ethyl adjacent to an activating group) is 1. The van der Waals surface area contributed by atoms with Crippen molar-refractivity contribution < 1.29 is 33.7 Å². The van der Waals surface area contributed by atoms with Crippen LogP contribution in [0.1, 0.15) is 22.8 Å². The van der Waals surface area contributed by atoms with Crippen LogP contribution in [0.25, 0.3) is 0 Å². The van der Waals surface area contributed by atoms with E-state index >= 15 is 0 Å². The predicted octanol–water partition coefficient (Wildman–Crippen LogP) is 1.41. The molecule has 164 valence electrons. The molecule has 7 nitrogen and oxygen atoms in total. The smallest absolute Gasteiger partial charge is 0.161 e. The highest BCUT2D eigenvalue weighted by molar-refractivity contribution is 5.94. The zero-order chi connectivity index (χ0) is 22.1. The normalized spacial score (nSPS) is 12.7. The van der Waals surface area contributed by atoms with Gasteiger partial charge in [0.15, 0.2) is 28.8 Å². The van der Waals surface area contributed by atoms with Crippen LogP contribution in [0.5, 0.6) is 23.0 Å². The summed E-state index contributed by atoms with van der Waals surface area (Å²) >= 11 is 0. The van der Waals surface area contributed by atoms with Gasteiger partial charge in [0, 0.05) is 12.0 Å². The maximum atomic E-state index is 11.5. The molecule has 0 amide bonds. The number of carbonyl (C=O) groups excluding carboxylic acids is 1. The first-order chi connectivity index (χ1) is 14.4. The zero-order valence-electron chi connectivity index (χ0n) is 18.4. The molecule has 1 unspecified atom stereocenters. The first kappa shape index (κ1) is 23.5. The van der Waals surface area contributed by atoms with Gasteiger partial charge in [0.25, 0.3) is 0 Å². The molecule has 0 aromatic heterocycles. The van der Waals surface area contributed by atoms with E-state index in [0.717, 1.165) is 18.5 Å². The number of hydrogen-bond donors (Lipinski definition) is 2. The van der Waals surface area contributed by atoms with Gasteiger partial charge in [0.2, 0.25) is 0 Å². The van der Waals surface area contributed by atoms with Crippen LogP contribution in [0, 0.1) is 0 Å². The summed E-state index contributed by atoms with van der Waals surface area (Å²) in [4.78, 5) is 12.7. The summed E-state index contributed by atoms with van der Waals surface area (Å²) in [6.45, 7) is 3.04. The van der Waals surface area contributed by atoms with Crippen molar-refractivity contribution in [1.29, 1.82) is 0 Å². The van der Waals surface area contributed by atoms with Crippen LogP contribution >= 0.6 is 0 Å². The zero-order valence-corrected chi connectivity index (χ0v) is 18.4. The van der Waals surface area contributed by atoms with Gasteiger partial charge < -0.3 is 29.0 Å². The first-order valence-electron chi connectivity index (χ1n) is 9.90. The maximum Gasteiger partial charge on any atom is 0.161 e. The molecule has 2 aromatic rings. The van der Waals surface area contributed by atoms with E-state index < -0.39 is 6.10 Å². The van der Waals surface area contributed by atoms with Crippen LogP contribution in [0.4, 0.5) is 0 Å². The van der Waals surface area contributed by atoms with Crippen molar-refractivity contribution in [2.75, 3.05) is 48.1 Å². The number of rotatable bonds is 12. The molecule has 7 heteroatoms. The number of hydrogen-bond acceptors (Lipinski definition) is 6. The highest BCUT2D eigenvalue weighted by Crippen LogP contribution is 2.28. The Hall–Kier alpha value is -2.77. The molecular formula is C23H32NO6+. The minimum atomic E-state index is -0.632. The van der Waals surface area contributed by atoms with Crippen LogP contribution in [-0.4, -0.2) is 65.1 Å². The van der Waals surface area contributed by atoms with E-state index in [2.05, 4.69) is 0 Å². The molecule has 0 aliphatic heterocycles. The molecule has 0 radical (unpaired) electrons. The maximum absolute atomic E-state index is 11.5. The van der Waals surface area contributed by atoms with Gasteiger partial charge in [-0.05, 0) is 42.8 Å². The molecule has 0 heterocycles. The highest BCUT2D eigenvalue weighted by atomic mass is 16.5. The number of aliphatic hydroxyl groups is 1. The summed E-state index contributed by atoms with van der Waals surface area (Å²) in [7, 11) is 6.80. The van der Waals surface area contributed by atoms with Crippen molar-refractivity contribution in [1.82, 2.24) is 0 Å². The third-order valence-electron chi connectivity index (χ3n) is 4.87. The molecular weight excluding hydrogens is 386 g/mol. The van der Waals surface area contributed by atoms with Gasteiger partial charge in [-0.1, -0.05) is 6.07 Å². The van der Waals surface area contributed by atoms with E-state index in [1.54, 1.807) is 32.4 Å². The predicted molar refractivity (Wildman–Crippen MR) is 114 cm³/mol. The van der Waals surface area contributed by atoms with E-state index in [4.69, 9.17) is 18.9 Å². The Morgan fingerprint density at radius 1 is 0.967 bits per heavy atom. The second-order valence-corrected chi connectivity index (χ2v) is 7.24. The number of benzene rings is 2. The first-order valence-corrected chi connectivity index (χ1v) is 9.90. The molecule has 2 N–H and O–H groups in total. The molecule has 0 saturated heterocycles. The fraction of sp³-hybridized carbons (Fsp3) is 0.435. The number of ketones is 1. The molecule has 2 atom stereocenters. The molecule has 0 saturated carbocycles. The topological polar surface area (TPSA) is 78.7 Å². The highest BCUT2D eigenvalue weighted by Gasteiger charge is 2.15. The van der Waals surface area contributed by atoms with E-state index in [-0.39, 0.29) is 12.4 Å². The Morgan fingerprint density at radius 3 is 2.23 bits per heavy atom. The molecule has 2 rings (SSSR count). The summed E-state index contributed by atoms with van der Waals surface area (Å²) in [6.07, 6.45) is 0.215. The van der Waals surface area contributed by atoms with E-state index in [1.165, 1.54) is 18.9 Å². The fourth-order valence-electron chi connectivity index (χ4n) is 3.15. The standard InChI is InChI=1S/C23H31NO6/c1-16(25)18-7-9-21(23(13-18)29-5)30-15-19(26)14-24(2)11-10-17-6-8-20(27-3)22(12-17)28-4/h6-9,12-13,19,26H,10-11,14-15H2,1-5H3/p+1/t19-/m1/s1. The number of nitrogens with one attached hydrogen (secondary N) is 1. The summed E-state index contributed by atoms with van der Waals surface area (Å²) < 4.78 is 21.6. The number of carbonyl (C=O) groups is 1. The number of methoxy groups -OCH3 is 3. The van der Waals surface area contributed by atoms with Gasteiger partial charge in [-0.3, -0.25) is 4.79 Å². The van der Waals surface area contributed by atoms with Crippen LogP contribution in [0.15, 0.2) is 36.4 Å². The minimum absolute atomic E-state index is 0.0420. The summed E-state index contributed by atoms with van der Waals surface area (Å²) in [5.41, 5.74) is 1.70. The minimum Gasteiger partial charge on any atom is -0.493 e. The van der Waals surface area contributed by atoms with Gasteiger partial charge in [-0.25, -0.2) is 0 Å². The SMILES string of the molecule is COc1ccc(CC[NH+](C)C[C@@H](O)COc2ccc(C(C)=O)cc2OC)cc1OC. The molecule has 30 heavy (non-hydrogen) atoms. The van der Waals surface area contributed by atoms with Crippen LogP contribution in [-0.2, 0) is 6.42 Å². The van der Waals surface area contributed by atoms with Crippen molar-refractivity contribution in [3.63, 3.8) is 0 Å². The van der Waals surface area contributed by atoms with Crippen molar-refractivity contribution in [2.45, 2.75) is 19.4 Å². The third-order valence-corrected chi connectivity index (χ3v) is 4.87. The Bertz CT molecular complexity index is 838. The monoisotopic (exact) mass is 418 g/mol. The second kappa shape index (κ2) is 11.4. The number of quaternary nitrogens is 1. The Labute approximate surface area is 178 Å². The molecule has 0 fully saturated rings. The summed E-state index contributed by atoms with van der Waals surface area (Å²) in [5, 5.41) is 10.4. The molecule has 2 aromatic carbocycles. The van der Waals surface area contributed by atoms with Crippen LogP contribution < -0.4 is 23.8 Å². The van der Waals surface area contributed by atoms with Crippen LogP contribution in [0.3, 0.4) is 0 Å². The molecule has 0 spiro atoms. The van der Waals surface area contributed by atoms with E-state index in [9.17, 15) is 9.90 Å².